The molecule has 22 heavy (non-hydrogen) atoms. The van der Waals surface area contributed by atoms with Crippen molar-refractivity contribution in [1.82, 2.24) is 0 Å². The molecule has 1 aliphatic rings. The maximum absolute atomic E-state index is 12.4. The van der Waals surface area contributed by atoms with Crippen molar-refractivity contribution in [3.63, 3.8) is 0 Å². The van der Waals surface area contributed by atoms with Crippen molar-refractivity contribution in [2.45, 2.75) is 9.79 Å². The number of allylic oxidation sites excluding steroid dienone is 1. The Morgan fingerprint density at radius 2 is 1.91 bits per heavy atom. The molecule has 2 aromatic rings. The van der Waals surface area contributed by atoms with Gasteiger partial charge in [-0.1, -0.05) is 18.2 Å². The van der Waals surface area contributed by atoms with Crippen molar-refractivity contribution >= 4 is 33.0 Å². The Hall–Kier alpha value is -2.23. The first-order valence-corrected chi connectivity index (χ1v) is 9.18. The molecule has 0 spiro atoms. The van der Waals surface area contributed by atoms with Gasteiger partial charge in [-0.3, -0.25) is 0 Å². The fourth-order valence-electron chi connectivity index (χ4n) is 2.32. The Balaban J connectivity index is 2.26. The number of hydrogen-bond acceptors (Lipinski definition) is 5. The van der Waals surface area contributed by atoms with Crippen LogP contribution < -0.4 is 4.90 Å². The van der Waals surface area contributed by atoms with Gasteiger partial charge in [0, 0.05) is 16.8 Å². The summed E-state index contributed by atoms with van der Waals surface area (Å²) in [5.74, 6) is 0. The summed E-state index contributed by atoms with van der Waals surface area (Å²) in [6.07, 6.45) is 3.36. The minimum absolute atomic E-state index is 0.156. The Kier molecular flexibility index (Phi) is 3.69. The number of para-hydroxylation sites is 1. The Labute approximate surface area is 133 Å². The normalized spacial score (nSPS) is 15.6. The maximum Gasteiger partial charge on any atom is 0.220 e. The van der Waals surface area contributed by atoms with Crippen LogP contribution in [0.4, 0.5) is 11.4 Å². The molecule has 0 atom stereocenters. The van der Waals surface area contributed by atoms with Crippen LogP contribution in [0.1, 0.15) is 0 Å². The van der Waals surface area contributed by atoms with Crippen molar-refractivity contribution in [1.29, 1.82) is 5.26 Å². The second-order valence-corrected chi connectivity index (χ2v) is 7.41. The van der Waals surface area contributed by atoms with Gasteiger partial charge in [-0.05, 0) is 36.6 Å². The third kappa shape index (κ3) is 2.28. The van der Waals surface area contributed by atoms with Gasteiger partial charge in [0.1, 0.15) is 6.07 Å². The van der Waals surface area contributed by atoms with Crippen LogP contribution in [0.3, 0.4) is 0 Å². The average Bonchev–Trinajstić information content (AvgIpc) is 2.55. The molecule has 2 aromatic carbocycles. The summed E-state index contributed by atoms with van der Waals surface area (Å²) in [7, 11) is -3.74. The zero-order valence-electron chi connectivity index (χ0n) is 11.7. The van der Waals surface area contributed by atoms with E-state index in [0.29, 0.717) is 5.69 Å². The van der Waals surface area contributed by atoms with E-state index in [1.807, 2.05) is 30.5 Å². The predicted molar refractivity (Wildman–Crippen MR) is 87.7 cm³/mol. The van der Waals surface area contributed by atoms with Crippen LogP contribution in [0.15, 0.2) is 69.4 Å². The molecule has 1 aliphatic heterocycles. The predicted octanol–water partition coefficient (Wildman–Crippen LogP) is 3.70. The van der Waals surface area contributed by atoms with E-state index in [1.54, 1.807) is 40.9 Å². The van der Waals surface area contributed by atoms with E-state index >= 15 is 0 Å². The number of fused-ring (bicyclic) bond motifs is 1. The molecule has 6 heteroatoms. The number of nitrogens with zero attached hydrogens (tertiary/aromatic N) is 2. The highest BCUT2D eigenvalue weighted by molar-refractivity contribution is 7.98. The summed E-state index contributed by atoms with van der Waals surface area (Å²) in [6.45, 7) is 0. The number of sulfone groups is 1. The number of rotatable bonds is 2. The smallest absolute Gasteiger partial charge is 0.220 e. The standard InChI is InChI=1S/C16H12N2O2S2/c1-21-13-6-4-5-12(9-13)18-11-14(10-17)22(19,20)16-8-3-2-7-15(16)18/h2-9,11H,1H3. The van der Waals surface area contributed by atoms with E-state index in [9.17, 15) is 13.7 Å². The Bertz CT molecular complexity index is 912. The van der Waals surface area contributed by atoms with Crippen LogP contribution in [0.2, 0.25) is 0 Å². The maximum atomic E-state index is 12.4. The molecule has 4 nitrogen and oxygen atoms in total. The van der Waals surface area contributed by atoms with Gasteiger partial charge in [0.05, 0.1) is 10.6 Å². The molecule has 0 amide bonds. The molecule has 0 aromatic heterocycles. The fraction of sp³-hybridized carbons (Fsp3) is 0.0625. The number of benzene rings is 2. The summed E-state index contributed by atoms with van der Waals surface area (Å²) in [4.78, 5) is 2.72. The van der Waals surface area contributed by atoms with E-state index in [4.69, 9.17) is 0 Å². The second-order valence-electron chi connectivity index (χ2n) is 4.65. The van der Waals surface area contributed by atoms with Crippen LogP contribution in [0.5, 0.6) is 0 Å². The van der Waals surface area contributed by atoms with E-state index in [-0.39, 0.29) is 9.80 Å². The first-order valence-electron chi connectivity index (χ1n) is 6.47. The highest BCUT2D eigenvalue weighted by Gasteiger charge is 2.31. The Morgan fingerprint density at radius 1 is 1.14 bits per heavy atom. The molecule has 0 radical (unpaired) electrons. The van der Waals surface area contributed by atoms with Crippen LogP contribution >= 0.6 is 11.8 Å². The lowest BCUT2D eigenvalue weighted by Crippen LogP contribution is -2.21. The second kappa shape index (κ2) is 5.52. The first kappa shape index (κ1) is 14.7. The lowest BCUT2D eigenvalue weighted by molar-refractivity contribution is 0.602. The number of anilines is 2. The molecule has 0 N–H and O–H groups in total. The van der Waals surface area contributed by atoms with Gasteiger partial charge in [0.25, 0.3) is 0 Å². The van der Waals surface area contributed by atoms with Crippen LogP contribution in [0, 0.1) is 11.3 Å². The number of thioether (sulfide) groups is 1. The van der Waals surface area contributed by atoms with Crippen molar-refractivity contribution in [3.8, 4) is 6.07 Å². The molecule has 1 heterocycles. The zero-order valence-corrected chi connectivity index (χ0v) is 13.4. The fourth-order valence-corrected chi connectivity index (χ4v) is 4.07. The zero-order chi connectivity index (χ0) is 15.7. The largest absolute Gasteiger partial charge is 0.314 e. The minimum atomic E-state index is -3.74. The van der Waals surface area contributed by atoms with E-state index in [0.717, 1.165) is 10.6 Å². The molecular weight excluding hydrogens is 316 g/mol. The van der Waals surface area contributed by atoms with Gasteiger partial charge in [-0.15, -0.1) is 11.8 Å². The van der Waals surface area contributed by atoms with Gasteiger partial charge < -0.3 is 4.90 Å². The summed E-state index contributed by atoms with van der Waals surface area (Å²) in [6, 6.07) is 16.2. The molecule has 0 saturated heterocycles. The van der Waals surface area contributed by atoms with Crippen molar-refractivity contribution in [2.24, 2.45) is 0 Å². The van der Waals surface area contributed by atoms with E-state index in [2.05, 4.69) is 0 Å². The summed E-state index contributed by atoms with van der Waals surface area (Å²) >= 11 is 1.60. The number of nitriles is 1. The third-order valence-electron chi connectivity index (χ3n) is 3.39. The first-order chi connectivity index (χ1) is 10.6. The summed E-state index contributed by atoms with van der Waals surface area (Å²) < 4.78 is 24.8. The van der Waals surface area contributed by atoms with Crippen molar-refractivity contribution in [2.75, 3.05) is 11.2 Å². The highest BCUT2D eigenvalue weighted by atomic mass is 32.2. The van der Waals surface area contributed by atoms with Crippen molar-refractivity contribution in [3.05, 3.63) is 59.6 Å². The SMILES string of the molecule is CSc1cccc(N2C=C(C#N)S(=O)(=O)c3ccccc32)c1. The van der Waals surface area contributed by atoms with Crippen LogP contribution in [0.25, 0.3) is 0 Å². The quantitative estimate of drug-likeness (QED) is 0.787. The highest BCUT2D eigenvalue weighted by Crippen LogP contribution is 2.39. The molecular formula is C16H12N2O2S2. The van der Waals surface area contributed by atoms with Gasteiger partial charge in [0.2, 0.25) is 9.84 Å². The van der Waals surface area contributed by atoms with Gasteiger partial charge in [-0.25, -0.2) is 8.42 Å². The molecule has 110 valence electrons. The van der Waals surface area contributed by atoms with Crippen LogP contribution in [-0.2, 0) is 9.84 Å². The summed E-state index contributed by atoms with van der Waals surface area (Å²) in [5.41, 5.74) is 1.38. The van der Waals surface area contributed by atoms with E-state index in [1.165, 1.54) is 12.3 Å². The number of hydrogen-bond donors (Lipinski definition) is 0. The lowest BCUT2D eigenvalue weighted by Gasteiger charge is -2.27. The molecule has 0 fully saturated rings. The average molecular weight is 328 g/mol. The Morgan fingerprint density at radius 3 is 2.64 bits per heavy atom. The van der Waals surface area contributed by atoms with Crippen molar-refractivity contribution < 1.29 is 8.42 Å². The van der Waals surface area contributed by atoms with Crippen LogP contribution in [-0.4, -0.2) is 14.7 Å². The monoisotopic (exact) mass is 328 g/mol. The molecule has 0 bridgehead atoms. The van der Waals surface area contributed by atoms with Gasteiger partial charge >= 0.3 is 0 Å². The lowest BCUT2D eigenvalue weighted by atomic mass is 10.2. The molecule has 3 rings (SSSR count). The molecule has 0 unspecified atom stereocenters. The summed E-state index contributed by atoms with van der Waals surface area (Å²) in [5, 5.41) is 9.19. The van der Waals surface area contributed by atoms with Gasteiger partial charge in [-0.2, -0.15) is 5.26 Å². The van der Waals surface area contributed by atoms with Gasteiger partial charge in [0.15, 0.2) is 4.91 Å². The third-order valence-corrected chi connectivity index (χ3v) is 5.82. The molecule has 0 saturated carbocycles. The molecule has 0 aliphatic carbocycles. The van der Waals surface area contributed by atoms with E-state index < -0.39 is 9.84 Å². The minimum Gasteiger partial charge on any atom is -0.314 e. The topological polar surface area (TPSA) is 61.2 Å².